The molecule has 0 amide bonds. The minimum absolute atomic E-state index is 0.0474. The third kappa shape index (κ3) is 10.9. The molecular formula is C12H17I3N4O4S. The molecule has 12 heteroatoms. The number of nitrogens with zero attached hydrogens (tertiary/aromatic N) is 2. The number of rotatable bonds is 4. The first-order chi connectivity index (χ1) is 11.4. The molecule has 136 valence electrons. The van der Waals surface area contributed by atoms with Crippen molar-refractivity contribution in [2.45, 2.75) is 4.90 Å². The summed E-state index contributed by atoms with van der Waals surface area (Å²) in [5.74, 6) is 0.0474. The van der Waals surface area contributed by atoms with Gasteiger partial charge < -0.3 is 15.9 Å². The summed E-state index contributed by atoms with van der Waals surface area (Å²) in [5.41, 5.74) is 4.44. The fraction of sp³-hybridized carbons (Fsp3) is 0.167. The number of benzene rings is 1. The summed E-state index contributed by atoms with van der Waals surface area (Å²) in [5, 5.41) is 15.2. The van der Waals surface area contributed by atoms with Crippen LogP contribution in [0, 0.1) is 0 Å². The van der Waals surface area contributed by atoms with E-state index in [0.29, 0.717) is 13.3 Å². The second kappa shape index (κ2) is 14.3. The zero-order valence-corrected chi connectivity index (χ0v) is 19.6. The number of aromatic nitrogens is 2. The molecule has 0 radical (unpaired) electrons. The summed E-state index contributed by atoms with van der Waals surface area (Å²) < 4.78 is 26.1. The van der Waals surface area contributed by atoms with Gasteiger partial charge in [0.1, 0.15) is 5.69 Å². The van der Waals surface area contributed by atoms with Crippen LogP contribution in [0.4, 0.5) is 11.6 Å². The molecule has 24 heavy (non-hydrogen) atoms. The van der Waals surface area contributed by atoms with Crippen LogP contribution in [0.5, 0.6) is 0 Å². The first-order valence-corrected chi connectivity index (χ1v) is 20.3. The van der Waals surface area contributed by atoms with Crippen molar-refractivity contribution in [3.05, 3.63) is 42.7 Å². The number of aliphatic hydroxyl groups is 2. The van der Waals surface area contributed by atoms with E-state index in [2.05, 4.69) is 57.7 Å². The maximum atomic E-state index is 11.9. The van der Waals surface area contributed by atoms with Gasteiger partial charge in [-0.25, -0.2) is 23.1 Å². The van der Waals surface area contributed by atoms with E-state index < -0.39 is 10.0 Å². The summed E-state index contributed by atoms with van der Waals surface area (Å²) in [6.07, 6.45) is 2.92. The third-order valence-corrected chi connectivity index (χ3v) is 3.47. The Morgan fingerprint density at radius 3 is 1.96 bits per heavy atom. The van der Waals surface area contributed by atoms with Crippen LogP contribution in [0.25, 0.3) is 0 Å². The van der Waals surface area contributed by atoms with Gasteiger partial charge in [0, 0.05) is 24.5 Å². The van der Waals surface area contributed by atoms with Crippen molar-refractivity contribution in [1.82, 2.24) is 9.97 Å². The van der Waals surface area contributed by atoms with Crippen molar-refractivity contribution in [2.75, 3.05) is 17.9 Å². The Morgan fingerprint density at radius 1 is 1.08 bits per heavy atom. The molecule has 8 nitrogen and oxygen atoms in total. The molecule has 2 rings (SSSR count). The third-order valence-electron chi connectivity index (χ3n) is 2.13. The number of hydrogen-bond donors (Lipinski definition) is 4. The van der Waals surface area contributed by atoms with E-state index in [1.807, 2.05) is 0 Å². The fourth-order valence-corrected chi connectivity index (χ4v) is 2.16. The Morgan fingerprint density at radius 2 is 1.54 bits per heavy atom. The van der Waals surface area contributed by atoms with Gasteiger partial charge in [0.15, 0.2) is 0 Å². The van der Waals surface area contributed by atoms with E-state index in [1.54, 1.807) is 18.2 Å². The quantitative estimate of drug-likeness (QED) is 0.271. The normalized spacial score (nSPS) is 10.0. The average Bonchev–Trinajstić information content (AvgIpc) is 2.57. The minimum Gasteiger partial charge on any atom is -0.394 e. The number of quaternary nitrogens is 1. The minimum atomic E-state index is -3.63. The standard InChI is InChI=1S/C10H10N4O2S.C2H6O2.I3/c11-8-2-4-9(5-3-8)17(15,16)14-10-12-6-1-7-13-10;3-1-2-4;1-3-2/h1-7H,11H2,(H,12,13,14);3-4H,1-2H2;/q;;-1/p+1. The second-order valence-electron chi connectivity index (χ2n) is 3.82. The van der Waals surface area contributed by atoms with Crippen LogP contribution in [0.3, 0.4) is 0 Å². The van der Waals surface area contributed by atoms with Gasteiger partial charge >= 0.3 is 50.5 Å². The first-order valence-electron chi connectivity index (χ1n) is 6.21. The Hall–Kier alpha value is 0.120. The molecule has 0 atom stereocenters. The van der Waals surface area contributed by atoms with Gasteiger partial charge in [-0.15, -0.1) is 0 Å². The Kier molecular flexibility index (Phi) is 14.4. The number of sulfonamides is 1. The van der Waals surface area contributed by atoms with Gasteiger partial charge in [0.2, 0.25) is 5.95 Å². The van der Waals surface area contributed by atoms with Gasteiger partial charge in [-0.1, -0.05) is 0 Å². The molecule has 0 bridgehead atoms. The van der Waals surface area contributed by atoms with Crippen molar-refractivity contribution >= 4 is 58.9 Å². The van der Waals surface area contributed by atoms with Crippen LogP contribution in [0.15, 0.2) is 47.6 Å². The van der Waals surface area contributed by atoms with Crippen LogP contribution in [-0.4, -0.2) is 41.8 Å². The molecule has 0 aliphatic heterocycles. The van der Waals surface area contributed by atoms with E-state index in [9.17, 15) is 8.42 Å². The van der Waals surface area contributed by atoms with E-state index in [0.717, 1.165) is 5.69 Å². The van der Waals surface area contributed by atoms with Crippen molar-refractivity contribution < 1.29 is 37.6 Å². The summed E-state index contributed by atoms with van der Waals surface area (Å²) in [4.78, 5) is 7.74. The van der Waals surface area contributed by atoms with E-state index >= 15 is 0 Å². The summed E-state index contributed by atoms with van der Waals surface area (Å²) >= 11 is 5.30. The number of nitrogens with one attached hydrogen (secondary N) is 1. The van der Waals surface area contributed by atoms with Crippen LogP contribution >= 0.6 is 37.2 Å². The van der Waals surface area contributed by atoms with Gasteiger partial charge in [0.25, 0.3) is 10.0 Å². The fourth-order valence-electron chi connectivity index (χ4n) is 1.20. The Labute approximate surface area is 170 Å². The van der Waals surface area contributed by atoms with Crippen molar-refractivity contribution in [3.8, 4) is 0 Å². The molecule has 6 N–H and O–H groups in total. The maximum Gasteiger partial charge on any atom is 0.264 e. The largest absolute Gasteiger partial charge is 0.394 e. The number of anilines is 1. The molecular weight excluding hydrogens is 677 g/mol. The van der Waals surface area contributed by atoms with Crippen molar-refractivity contribution in [1.29, 1.82) is 0 Å². The molecule has 1 aromatic heterocycles. The zero-order valence-electron chi connectivity index (χ0n) is 12.3. The second-order valence-corrected chi connectivity index (χ2v) is 21.8. The first kappa shape index (κ1) is 24.1. The van der Waals surface area contributed by atoms with Crippen LogP contribution in [-0.2, 0) is 10.0 Å². The topological polar surface area (TPSA) is 140 Å². The van der Waals surface area contributed by atoms with Gasteiger partial charge in [0.05, 0.1) is 18.1 Å². The van der Waals surface area contributed by atoms with E-state index in [1.165, 1.54) is 24.5 Å². The Balaban J connectivity index is 0.000000648. The zero-order chi connectivity index (χ0) is 18.4. The van der Waals surface area contributed by atoms with Crippen molar-refractivity contribution in [2.24, 2.45) is 0 Å². The van der Waals surface area contributed by atoms with Gasteiger partial charge in [-0.05, 0) is 18.2 Å². The smallest absolute Gasteiger partial charge is 0.264 e. The monoisotopic (exact) mass is 694 g/mol. The Bertz CT molecular complexity index is 658. The summed E-state index contributed by atoms with van der Waals surface area (Å²) in [6.45, 7) is -0.250. The summed E-state index contributed by atoms with van der Waals surface area (Å²) in [6, 6.07) is 7.82. The molecule has 0 saturated heterocycles. The average molecular weight is 694 g/mol. The molecule has 0 fully saturated rings. The van der Waals surface area contributed by atoms with E-state index in [4.69, 9.17) is 10.2 Å². The molecule has 0 aliphatic rings. The number of halogens is 3. The molecule has 0 aliphatic carbocycles. The SMILES string of the molecule is I[I-]I.OCCO.[NH3+]c1ccc(S(=O)(=O)Nc2ncccn2)cc1. The van der Waals surface area contributed by atoms with E-state index in [-0.39, 0.29) is 24.1 Å². The maximum absolute atomic E-state index is 11.9. The molecule has 2 aromatic rings. The van der Waals surface area contributed by atoms with Crippen LogP contribution < -0.4 is 23.7 Å². The van der Waals surface area contributed by atoms with Crippen molar-refractivity contribution in [3.63, 3.8) is 0 Å². The molecule has 0 saturated carbocycles. The number of hydrogen-bond acceptors (Lipinski definition) is 6. The van der Waals surface area contributed by atoms with Gasteiger partial charge in [-0.3, -0.25) is 0 Å². The van der Waals surface area contributed by atoms with Crippen LogP contribution in [0.1, 0.15) is 0 Å². The molecule has 1 aromatic carbocycles. The van der Waals surface area contributed by atoms with Crippen LogP contribution in [0.2, 0.25) is 0 Å². The summed E-state index contributed by atoms with van der Waals surface area (Å²) in [7, 11) is -3.63. The predicted molar refractivity (Wildman–Crippen MR) is 104 cm³/mol. The number of aliphatic hydroxyl groups excluding tert-OH is 2. The predicted octanol–water partition coefficient (Wildman–Crippen LogP) is -2.10. The molecule has 0 unspecified atom stereocenters. The molecule has 1 heterocycles. The molecule has 0 spiro atoms. The van der Waals surface area contributed by atoms with Gasteiger partial charge in [-0.2, -0.15) is 0 Å².